The Morgan fingerprint density at radius 2 is 1.64 bits per heavy atom. The Hall–Kier alpha value is -1.06. The van der Waals surface area contributed by atoms with Crippen LogP contribution in [-0.4, -0.2) is 22.2 Å². The normalized spacial score (nSPS) is 13.6. The van der Waals surface area contributed by atoms with Crippen molar-refractivity contribution in [2.45, 2.75) is 40.0 Å². The lowest BCUT2D eigenvalue weighted by Gasteiger charge is -2.32. The van der Waals surface area contributed by atoms with Gasteiger partial charge in [0.15, 0.2) is 0 Å². The largest absolute Gasteiger partial charge is 0.481 e. The minimum absolute atomic E-state index is 0.298. The van der Waals surface area contributed by atoms with E-state index >= 15 is 0 Å². The predicted molar refractivity (Wildman–Crippen MR) is 52.1 cm³/mol. The minimum Gasteiger partial charge on any atom is -0.481 e. The molecule has 0 fully saturated rings. The molecule has 0 rings (SSSR count). The Labute approximate surface area is 83.9 Å². The highest BCUT2D eigenvalue weighted by Crippen LogP contribution is 2.36. The molecular weight excluding hydrogens is 184 g/mol. The zero-order valence-electron chi connectivity index (χ0n) is 8.91. The van der Waals surface area contributed by atoms with E-state index in [9.17, 15) is 9.59 Å². The van der Waals surface area contributed by atoms with Gasteiger partial charge in [-0.25, -0.2) is 0 Å². The summed E-state index contributed by atoms with van der Waals surface area (Å²) in [7, 11) is 0. The number of hydrogen-bond acceptors (Lipinski definition) is 2. The number of carbonyl (C=O) groups is 2. The highest BCUT2D eigenvalue weighted by Gasteiger charge is 2.37. The van der Waals surface area contributed by atoms with E-state index in [4.69, 9.17) is 10.2 Å². The van der Waals surface area contributed by atoms with Crippen molar-refractivity contribution in [1.82, 2.24) is 0 Å². The second-order valence-corrected chi connectivity index (χ2v) is 3.85. The molecule has 0 aromatic rings. The van der Waals surface area contributed by atoms with E-state index in [1.165, 1.54) is 0 Å². The molecular formula is C10H18O4. The van der Waals surface area contributed by atoms with Crippen LogP contribution in [0.15, 0.2) is 0 Å². The summed E-state index contributed by atoms with van der Waals surface area (Å²) in [5, 5.41) is 17.6. The molecule has 0 aliphatic rings. The summed E-state index contributed by atoms with van der Waals surface area (Å²) in [4.78, 5) is 21.5. The third-order valence-electron chi connectivity index (χ3n) is 3.13. The molecule has 1 atom stereocenters. The summed E-state index contributed by atoms with van der Waals surface area (Å²) in [6.07, 6.45) is 1.05. The lowest BCUT2D eigenvalue weighted by atomic mass is 9.71. The van der Waals surface area contributed by atoms with E-state index in [2.05, 4.69) is 0 Å². The maximum Gasteiger partial charge on any atom is 0.307 e. The summed E-state index contributed by atoms with van der Waals surface area (Å²) >= 11 is 0. The average Bonchev–Trinajstić information content (AvgIpc) is 2.12. The molecule has 0 bridgehead atoms. The summed E-state index contributed by atoms with van der Waals surface area (Å²) in [6, 6.07) is 0. The van der Waals surface area contributed by atoms with Crippen molar-refractivity contribution in [1.29, 1.82) is 0 Å². The van der Waals surface area contributed by atoms with E-state index in [1.807, 2.05) is 20.8 Å². The van der Waals surface area contributed by atoms with E-state index in [1.54, 1.807) is 0 Å². The Morgan fingerprint density at radius 3 is 1.86 bits per heavy atom. The number of hydrogen-bond donors (Lipinski definition) is 2. The maximum absolute atomic E-state index is 10.9. The zero-order valence-corrected chi connectivity index (χ0v) is 8.91. The number of carboxylic acid groups (broad SMARTS) is 2. The molecule has 0 aromatic heterocycles. The number of aliphatic carboxylic acids is 2. The first-order chi connectivity index (χ1) is 6.37. The molecule has 2 N–H and O–H groups in total. The molecule has 4 heteroatoms. The second kappa shape index (κ2) is 4.98. The lowest BCUT2D eigenvalue weighted by Crippen LogP contribution is -2.34. The first-order valence-corrected chi connectivity index (χ1v) is 4.82. The summed E-state index contributed by atoms with van der Waals surface area (Å²) in [5.74, 6) is -2.86. The van der Waals surface area contributed by atoms with Gasteiger partial charge in [0.2, 0.25) is 0 Å². The first kappa shape index (κ1) is 12.9. The topological polar surface area (TPSA) is 74.6 Å². The molecule has 1 unspecified atom stereocenters. The lowest BCUT2D eigenvalue weighted by molar-refractivity contribution is -0.153. The fourth-order valence-electron chi connectivity index (χ4n) is 1.55. The molecule has 0 saturated heterocycles. The number of rotatable bonds is 6. The molecule has 0 saturated carbocycles. The van der Waals surface area contributed by atoms with E-state index in [0.29, 0.717) is 12.8 Å². The van der Waals surface area contributed by atoms with Crippen molar-refractivity contribution in [3.05, 3.63) is 0 Å². The molecule has 14 heavy (non-hydrogen) atoms. The van der Waals surface area contributed by atoms with Crippen LogP contribution in [0.3, 0.4) is 0 Å². The third kappa shape index (κ3) is 3.01. The summed E-state index contributed by atoms with van der Waals surface area (Å²) in [6.45, 7) is 5.61. The van der Waals surface area contributed by atoms with E-state index in [0.717, 1.165) is 0 Å². The minimum atomic E-state index is -1.05. The quantitative estimate of drug-likeness (QED) is 0.690. The summed E-state index contributed by atoms with van der Waals surface area (Å²) < 4.78 is 0. The van der Waals surface area contributed by atoms with Crippen molar-refractivity contribution >= 4 is 11.9 Å². The number of carboxylic acids is 2. The van der Waals surface area contributed by atoms with Gasteiger partial charge in [-0.05, 0) is 18.3 Å². The molecule has 0 heterocycles. The fraction of sp³-hybridized carbons (Fsp3) is 0.800. The van der Waals surface area contributed by atoms with Crippen LogP contribution in [-0.2, 0) is 9.59 Å². The van der Waals surface area contributed by atoms with E-state index in [-0.39, 0.29) is 6.42 Å². The van der Waals surface area contributed by atoms with Crippen LogP contribution in [0.5, 0.6) is 0 Å². The van der Waals surface area contributed by atoms with Crippen molar-refractivity contribution in [2.24, 2.45) is 11.3 Å². The molecule has 0 spiro atoms. The molecule has 82 valence electrons. The predicted octanol–water partition coefficient (Wildman–Crippen LogP) is 1.99. The average molecular weight is 202 g/mol. The van der Waals surface area contributed by atoms with Crippen molar-refractivity contribution in [3.63, 3.8) is 0 Å². The van der Waals surface area contributed by atoms with Gasteiger partial charge >= 0.3 is 11.9 Å². The van der Waals surface area contributed by atoms with Crippen molar-refractivity contribution in [2.75, 3.05) is 0 Å². The first-order valence-electron chi connectivity index (χ1n) is 4.82. The van der Waals surface area contributed by atoms with Gasteiger partial charge in [-0.2, -0.15) is 0 Å². The maximum atomic E-state index is 10.9. The van der Waals surface area contributed by atoms with Crippen LogP contribution in [0.1, 0.15) is 40.0 Å². The standard InChI is InChI=1S/C10H18O4/c1-4-10(3,5-2)7(9(13)14)6-8(11)12/h7H,4-6H2,1-3H3,(H,11,12)(H,13,14). The molecule has 0 aliphatic carbocycles. The highest BCUT2D eigenvalue weighted by molar-refractivity contribution is 5.78. The fourth-order valence-corrected chi connectivity index (χ4v) is 1.55. The molecule has 4 nitrogen and oxygen atoms in total. The Morgan fingerprint density at radius 1 is 1.21 bits per heavy atom. The SMILES string of the molecule is CCC(C)(CC)C(CC(=O)O)C(=O)O. The smallest absolute Gasteiger partial charge is 0.307 e. The second-order valence-electron chi connectivity index (χ2n) is 3.85. The molecule has 0 amide bonds. The van der Waals surface area contributed by atoms with Gasteiger partial charge < -0.3 is 10.2 Å². The van der Waals surface area contributed by atoms with Crippen molar-refractivity contribution < 1.29 is 19.8 Å². The van der Waals surface area contributed by atoms with Crippen LogP contribution in [0.2, 0.25) is 0 Å². The van der Waals surface area contributed by atoms with Gasteiger partial charge in [0.05, 0.1) is 12.3 Å². The van der Waals surface area contributed by atoms with Crippen LogP contribution in [0, 0.1) is 11.3 Å². The van der Waals surface area contributed by atoms with Crippen LogP contribution < -0.4 is 0 Å². The Bertz CT molecular complexity index is 218. The molecule has 0 aliphatic heterocycles. The zero-order chi connectivity index (χ0) is 11.4. The van der Waals surface area contributed by atoms with Gasteiger partial charge in [-0.3, -0.25) is 9.59 Å². The Kier molecular flexibility index (Phi) is 4.60. The van der Waals surface area contributed by atoms with Crippen LogP contribution in [0.4, 0.5) is 0 Å². The van der Waals surface area contributed by atoms with Gasteiger partial charge in [0.1, 0.15) is 0 Å². The van der Waals surface area contributed by atoms with Crippen LogP contribution >= 0.6 is 0 Å². The molecule has 0 radical (unpaired) electrons. The highest BCUT2D eigenvalue weighted by atomic mass is 16.4. The monoisotopic (exact) mass is 202 g/mol. The van der Waals surface area contributed by atoms with E-state index < -0.39 is 23.3 Å². The summed E-state index contributed by atoms with van der Waals surface area (Å²) in [5.41, 5.74) is -0.426. The third-order valence-corrected chi connectivity index (χ3v) is 3.13. The van der Waals surface area contributed by atoms with Gasteiger partial charge in [-0.1, -0.05) is 20.8 Å². The van der Waals surface area contributed by atoms with Crippen molar-refractivity contribution in [3.8, 4) is 0 Å². The van der Waals surface area contributed by atoms with Crippen LogP contribution in [0.25, 0.3) is 0 Å². The van der Waals surface area contributed by atoms with Gasteiger partial charge in [0, 0.05) is 0 Å². The Balaban J connectivity index is 4.78. The molecule has 0 aromatic carbocycles. The van der Waals surface area contributed by atoms with Gasteiger partial charge in [0.25, 0.3) is 0 Å². The van der Waals surface area contributed by atoms with Gasteiger partial charge in [-0.15, -0.1) is 0 Å².